The number of aromatic nitrogens is 2. The SMILES string of the molecule is c1ccc(-n2c3ccc(-c4ccc(-c5ccc6sc7ccccc7c6c5)cc4)cc3c3ccncc32)cc1. The molecule has 38 heavy (non-hydrogen) atoms. The van der Waals surface area contributed by atoms with Crippen LogP contribution in [0.25, 0.3) is 69.9 Å². The Morgan fingerprint density at radius 2 is 1.13 bits per heavy atom. The molecule has 8 rings (SSSR count). The summed E-state index contributed by atoms with van der Waals surface area (Å²) < 4.78 is 4.98. The summed E-state index contributed by atoms with van der Waals surface area (Å²) in [6.07, 6.45) is 3.84. The van der Waals surface area contributed by atoms with Crippen LogP contribution in [0.5, 0.6) is 0 Å². The molecule has 0 aliphatic carbocycles. The number of thiophene rings is 1. The normalized spacial score (nSPS) is 11.7. The molecule has 0 saturated heterocycles. The van der Waals surface area contributed by atoms with Gasteiger partial charge in [-0.05, 0) is 70.8 Å². The number of hydrogen-bond acceptors (Lipinski definition) is 2. The van der Waals surface area contributed by atoms with E-state index in [4.69, 9.17) is 0 Å². The van der Waals surface area contributed by atoms with Gasteiger partial charge in [-0.15, -0.1) is 11.3 Å². The van der Waals surface area contributed by atoms with Gasteiger partial charge in [0.25, 0.3) is 0 Å². The minimum atomic E-state index is 1.12. The summed E-state index contributed by atoms with van der Waals surface area (Å²) in [6.45, 7) is 0. The number of hydrogen-bond donors (Lipinski definition) is 0. The molecule has 2 nitrogen and oxygen atoms in total. The fraction of sp³-hybridized carbons (Fsp3) is 0. The van der Waals surface area contributed by atoms with Crippen molar-refractivity contribution in [2.24, 2.45) is 0 Å². The summed E-state index contributed by atoms with van der Waals surface area (Å²) in [5, 5.41) is 5.13. The fourth-order valence-corrected chi connectivity index (χ4v) is 6.75. The quantitative estimate of drug-likeness (QED) is 0.235. The third kappa shape index (κ3) is 3.29. The van der Waals surface area contributed by atoms with Crippen LogP contribution in [0.3, 0.4) is 0 Å². The highest BCUT2D eigenvalue weighted by Crippen LogP contribution is 2.38. The average Bonchev–Trinajstić information content (AvgIpc) is 3.53. The molecule has 0 aliphatic heterocycles. The van der Waals surface area contributed by atoms with Crippen LogP contribution >= 0.6 is 11.3 Å². The van der Waals surface area contributed by atoms with Crippen molar-refractivity contribution >= 4 is 53.3 Å². The van der Waals surface area contributed by atoms with E-state index >= 15 is 0 Å². The van der Waals surface area contributed by atoms with E-state index in [0.717, 1.165) is 11.2 Å². The maximum absolute atomic E-state index is 4.43. The Morgan fingerprint density at radius 1 is 0.474 bits per heavy atom. The molecule has 0 radical (unpaired) electrons. The van der Waals surface area contributed by atoms with Gasteiger partial charge in [-0.3, -0.25) is 4.98 Å². The highest BCUT2D eigenvalue weighted by Gasteiger charge is 2.13. The lowest BCUT2D eigenvalue weighted by Crippen LogP contribution is -1.93. The Labute approximate surface area is 224 Å². The van der Waals surface area contributed by atoms with E-state index in [2.05, 4.69) is 131 Å². The second-order valence-electron chi connectivity index (χ2n) is 9.68. The van der Waals surface area contributed by atoms with E-state index in [9.17, 15) is 0 Å². The van der Waals surface area contributed by atoms with Crippen LogP contribution in [-0.4, -0.2) is 9.55 Å². The molecular weight excluding hydrogens is 480 g/mol. The smallest absolute Gasteiger partial charge is 0.0724 e. The third-order valence-electron chi connectivity index (χ3n) is 7.51. The molecule has 3 heterocycles. The van der Waals surface area contributed by atoms with Gasteiger partial charge in [0.2, 0.25) is 0 Å². The van der Waals surface area contributed by atoms with Crippen LogP contribution in [0.1, 0.15) is 0 Å². The zero-order valence-electron chi connectivity index (χ0n) is 20.5. The largest absolute Gasteiger partial charge is 0.308 e. The molecule has 0 N–H and O–H groups in total. The monoisotopic (exact) mass is 502 g/mol. The van der Waals surface area contributed by atoms with Gasteiger partial charge in [-0.25, -0.2) is 0 Å². The van der Waals surface area contributed by atoms with Gasteiger partial charge in [-0.2, -0.15) is 0 Å². The summed E-state index contributed by atoms with van der Waals surface area (Å²) in [4.78, 5) is 4.43. The Bertz CT molecular complexity index is 2120. The first kappa shape index (κ1) is 21.4. The van der Waals surface area contributed by atoms with Crippen molar-refractivity contribution in [1.82, 2.24) is 9.55 Å². The van der Waals surface area contributed by atoms with E-state index in [1.807, 2.05) is 23.7 Å². The van der Waals surface area contributed by atoms with Crippen LogP contribution in [0.2, 0.25) is 0 Å². The third-order valence-corrected chi connectivity index (χ3v) is 8.66. The van der Waals surface area contributed by atoms with Gasteiger partial charge in [-0.1, -0.05) is 72.8 Å². The summed E-state index contributed by atoms with van der Waals surface area (Å²) in [5.74, 6) is 0. The molecule has 0 atom stereocenters. The first-order valence-electron chi connectivity index (χ1n) is 12.8. The summed E-state index contributed by atoms with van der Waals surface area (Å²) in [6, 6.07) is 43.9. The van der Waals surface area contributed by atoms with Gasteiger partial charge in [0.1, 0.15) is 0 Å². The van der Waals surface area contributed by atoms with E-state index in [1.54, 1.807) is 0 Å². The van der Waals surface area contributed by atoms with Crippen molar-refractivity contribution in [3.63, 3.8) is 0 Å². The van der Waals surface area contributed by atoms with Crippen LogP contribution in [0, 0.1) is 0 Å². The molecule has 3 aromatic heterocycles. The molecule has 8 aromatic rings. The molecule has 0 amide bonds. The number of rotatable bonds is 3. The molecule has 0 saturated carbocycles. The van der Waals surface area contributed by atoms with Gasteiger partial charge in [0, 0.05) is 42.8 Å². The lowest BCUT2D eigenvalue weighted by atomic mass is 9.98. The van der Waals surface area contributed by atoms with Crippen LogP contribution < -0.4 is 0 Å². The van der Waals surface area contributed by atoms with Crippen molar-refractivity contribution in [3.05, 3.63) is 134 Å². The molecule has 0 unspecified atom stereocenters. The minimum Gasteiger partial charge on any atom is -0.308 e. The zero-order valence-corrected chi connectivity index (χ0v) is 21.3. The number of fused-ring (bicyclic) bond motifs is 6. The molecule has 0 spiro atoms. The number of para-hydroxylation sites is 1. The van der Waals surface area contributed by atoms with Gasteiger partial charge < -0.3 is 4.57 Å². The maximum Gasteiger partial charge on any atom is 0.0724 e. The van der Waals surface area contributed by atoms with Crippen LogP contribution in [-0.2, 0) is 0 Å². The first-order chi connectivity index (χ1) is 18.8. The van der Waals surface area contributed by atoms with Crippen molar-refractivity contribution in [2.45, 2.75) is 0 Å². The predicted molar refractivity (Wildman–Crippen MR) is 162 cm³/mol. The van der Waals surface area contributed by atoms with Crippen molar-refractivity contribution < 1.29 is 0 Å². The lowest BCUT2D eigenvalue weighted by molar-refractivity contribution is 1.17. The summed E-state index contributed by atoms with van der Waals surface area (Å²) >= 11 is 1.86. The number of pyridine rings is 1. The van der Waals surface area contributed by atoms with Gasteiger partial charge >= 0.3 is 0 Å². The number of benzene rings is 5. The van der Waals surface area contributed by atoms with Crippen LogP contribution in [0.15, 0.2) is 134 Å². The Morgan fingerprint density at radius 3 is 1.95 bits per heavy atom. The Hall–Kier alpha value is -4.73. The maximum atomic E-state index is 4.43. The predicted octanol–water partition coefficient (Wildman–Crippen LogP) is 9.88. The highest BCUT2D eigenvalue weighted by molar-refractivity contribution is 7.25. The van der Waals surface area contributed by atoms with Crippen molar-refractivity contribution in [3.8, 4) is 27.9 Å². The zero-order chi connectivity index (χ0) is 25.1. The van der Waals surface area contributed by atoms with Gasteiger partial charge in [0.05, 0.1) is 17.2 Å². The first-order valence-corrected chi connectivity index (χ1v) is 13.6. The second-order valence-corrected chi connectivity index (χ2v) is 10.8. The standard InChI is InChI=1S/C35H22N2S/c1-2-6-27(7-3-1)37-32-16-14-25(20-30(32)28-18-19-36-22-33(28)37)23-10-12-24(13-11-23)26-15-17-35-31(21-26)29-8-4-5-9-34(29)38-35/h1-22H. The molecular formula is C35H22N2S. The Kier molecular flexibility index (Phi) is 4.73. The summed E-state index contributed by atoms with van der Waals surface area (Å²) in [5.41, 5.74) is 8.38. The Balaban J connectivity index is 1.22. The molecule has 178 valence electrons. The lowest BCUT2D eigenvalue weighted by Gasteiger charge is -2.08. The van der Waals surface area contributed by atoms with Crippen molar-refractivity contribution in [2.75, 3.05) is 0 Å². The molecule has 0 bridgehead atoms. The molecule has 3 heteroatoms. The highest BCUT2D eigenvalue weighted by atomic mass is 32.1. The van der Waals surface area contributed by atoms with Crippen LogP contribution in [0.4, 0.5) is 0 Å². The molecule has 5 aromatic carbocycles. The van der Waals surface area contributed by atoms with E-state index in [1.165, 1.54) is 58.7 Å². The van der Waals surface area contributed by atoms with E-state index in [0.29, 0.717) is 0 Å². The number of nitrogens with zero attached hydrogens (tertiary/aromatic N) is 2. The van der Waals surface area contributed by atoms with E-state index in [-0.39, 0.29) is 0 Å². The fourth-order valence-electron chi connectivity index (χ4n) is 5.66. The molecule has 0 fully saturated rings. The minimum absolute atomic E-state index is 1.12. The summed E-state index contributed by atoms with van der Waals surface area (Å²) in [7, 11) is 0. The second kappa shape index (κ2) is 8.41. The average molecular weight is 503 g/mol. The van der Waals surface area contributed by atoms with E-state index < -0.39 is 0 Å². The topological polar surface area (TPSA) is 17.8 Å². The molecule has 0 aliphatic rings. The van der Waals surface area contributed by atoms with Gasteiger partial charge in [0.15, 0.2) is 0 Å². The van der Waals surface area contributed by atoms with Crippen molar-refractivity contribution in [1.29, 1.82) is 0 Å².